The summed E-state index contributed by atoms with van der Waals surface area (Å²) in [6, 6.07) is 14.5. The molecule has 0 aliphatic rings. The normalized spacial score (nSPS) is 11.0. The van der Waals surface area contributed by atoms with Crippen molar-refractivity contribution < 1.29 is 4.79 Å². The van der Waals surface area contributed by atoms with Crippen molar-refractivity contribution in [1.29, 1.82) is 0 Å². The highest BCUT2D eigenvalue weighted by molar-refractivity contribution is 6.01. The van der Waals surface area contributed by atoms with Crippen LogP contribution in [0.15, 0.2) is 67.1 Å². The maximum absolute atomic E-state index is 12.1. The Labute approximate surface area is 155 Å². The second kappa shape index (κ2) is 7.49. The van der Waals surface area contributed by atoms with E-state index in [1.807, 2.05) is 48.6 Å². The molecule has 0 atom stereocenters. The summed E-state index contributed by atoms with van der Waals surface area (Å²) in [4.78, 5) is 20.3. The molecule has 4 aromatic rings. The van der Waals surface area contributed by atoms with E-state index in [-0.39, 0.29) is 6.03 Å². The summed E-state index contributed by atoms with van der Waals surface area (Å²) in [7, 11) is 0. The topological polar surface area (TPSA) is 95.6 Å². The Kier molecular flexibility index (Phi) is 4.57. The van der Waals surface area contributed by atoms with Gasteiger partial charge in [0.1, 0.15) is 0 Å². The van der Waals surface area contributed by atoms with Crippen molar-refractivity contribution in [2.45, 2.75) is 0 Å². The van der Waals surface area contributed by atoms with E-state index < -0.39 is 0 Å². The van der Waals surface area contributed by atoms with E-state index in [4.69, 9.17) is 0 Å². The van der Waals surface area contributed by atoms with Crippen molar-refractivity contribution in [1.82, 2.24) is 20.2 Å². The summed E-state index contributed by atoms with van der Waals surface area (Å²) in [5, 5.41) is 13.8. The number of carbonyl (C=O) groups excluding carboxylic acids is 1. The fourth-order valence-electron chi connectivity index (χ4n) is 2.61. The number of anilines is 2. The quantitative estimate of drug-likeness (QED) is 0.511. The molecule has 132 valence electrons. The Morgan fingerprint density at radius 1 is 0.963 bits per heavy atom. The third-order valence-corrected chi connectivity index (χ3v) is 3.87. The summed E-state index contributed by atoms with van der Waals surface area (Å²) in [6.45, 7) is 0. The second-order valence-electron chi connectivity index (χ2n) is 5.78. The van der Waals surface area contributed by atoms with Crippen LogP contribution in [0.25, 0.3) is 23.1 Å². The van der Waals surface area contributed by atoms with E-state index in [0.29, 0.717) is 11.4 Å². The SMILES string of the molecule is O=C(Nc1cccnc1)Nc1ccc2c(/C=C/c3ccccn3)n[nH]c2c1. The lowest BCUT2D eigenvalue weighted by molar-refractivity contribution is 0.262. The molecular weight excluding hydrogens is 340 g/mol. The third kappa shape index (κ3) is 3.98. The number of amides is 2. The first kappa shape index (κ1) is 16.5. The van der Waals surface area contributed by atoms with Gasteiger partial charge >= 0.3 is 6.03 Å². The molecule has 0 unspecified atom stereocenters. The van der Waals surface area contributed by atoms with Crippen LogP contribution in [0.2, 0.25) is 0 Å². The minimum absolute atomic E-state index is 0.336. The number of carbonyl (C=O) groups is 1. The number of nitrogens with one attached hydrogen (secondary N) is 3. The molecule has 2 amide bonds. The number of pyridine rings is 2. The monoisotopic (exact) mass is 356 g/mol. The number of H-pyrrole nitrogens is 1. The van der Waals surface area contributed by atoms with Gasteiger partial charge in [0, 0.05) is 23.5 Å². The smallest absolute Gasteiger partial charge is 0.308 e. The molecule has 3 heterocycles. The van der Waals surface area contributed by atoms with Crippen LogP contribution < -0.4 is 10.6 Å². The Bertz CT molecular complexity index is 1090. The highest BCUT2D eigenvalue weighted by Crippen LogP contribution is 2.22. The molecule has 0 radical (unpaired) electrons. The van der Waals surface area contributed by atoms with Crippen LogP contribution in [0.1, 0.15) is 11.4 Å². The van der Waals surface area contributed by atoms with E-state index in [9.17, 15) is 4.79 Å². The summed E-state index contributed by atoms with van der Waals surface area (Å²) in [5.74, 6) is 0. The van der Waals surface area contributed by atoms with Crippen molar-refractivity contribution >= 4 is 40.5 Å². The van der Waals surface area contributed by atoms with Crippen molar-refractivity contribution in [3.05, 3.63) is 78.5 Å². The van der Waals surface area contributed by atoms with Crippen LogP contribution in [0.3, 0.4) is 0 Å². The maximum Gasteiger partial charge on any atom is 0.323 e. The zero-order chi connectivity index (χ0) is 18.5. The summed E-state index contributed by atoms with van der Waals surface area (Å²) in [5.41, 5.74) is 3.78. The van der Waals surface area contributed by atoms with E-state index in [2.05, 4.69) is 30.8 Å². The van der Waals surface area contributed by atoms with Crippen LogP contribution in [0.4, 0.5) is 16.2 Å². The largest absolute Gasteiger partial charge is 0.323 e. The van der Waals surface area contributed by atoms with E-state index in [1.165, 1.54) is 0 Å². The Balaban J connectivity index is 1.48. The Morgan fingerprint density at radius 2 is 1.89 bits per heavy atom. The van der Waals surface area contributed by atoms with Crippen molar-refractivity contribution in [2.75, 3.05) is 10.6 Å². The van der Waals surface area contributed by atoms with Crippen LogP contribution >= 0.6 is 0 Å². The zero-order valence-electron chi connectivity index (χ0n) is 14.3. The van der Waals surface area contributed by atoms with Crippen molar-refractivity contribution in [2.24, 2.45) is 0 Å². The van der Waals surface area contributed by atoms with E-state index in [1.54, 1.807) is 30.7 Å². The Morgan fingerprint density at radius 3 is 2.70 bits per heavy atom. The standard InChI is InChI=1S/C20H16N6O/c27-20(24-16-5-3-10-21-13-16)23-15-6-8-17-18(25-26-19(17)12-15)9-7-14-4-1-2-11-22-14/h1-13H,(H,25,26)(H2,23,24,27)/b9-7+. The minimum atomic E-state index is -0.336. The zero-order valence-corrected chi connectivity index (χ0v) is 14.3. The van der Waals surface area contributed by atoms with Gasteiger partial charge in [-0.05, 0) is 54.6 Å². The van der Waals surface area contributed by atoms with Gasteiger partial charge in [0.2, 0.25) is 0 Å². The van der Waals surface area contributed by atoms with Crippen LogP contribution in [0.5, 0.6) is 0 Å². The van der Waals surface area contributed by atoms with Gasteiger partial charge in [-0.3, -0.25) is 15.1 Å². The van der Waals surface area contributed by atoms with Gasteiger partial charge < -0.3 is 10.6 Å². The number of aromatic nitrogens is 4. The Hall–Kier alpha value is -4.00. The first-order chi connectivity index (χ1) is 13.3. The molecular formula is C20H16N6O. The molecule has 0 aliphatic heterocycles. The molecule has 1 aromatic carbocycles. The second-order valence-corrected chi connectivity index (χ2v) is 5.78. The molecule has 3 aromatic heterocycles. The summed E-state index contributed by atoms with van der Waals surface area (Å²) < 4.78 is 0. The van der Waals surface area contributed by atoms with Gasteiger partial charge in [0.15, 0.2) is 0 Å². The van der Waals surface area contributed by atoms with E-state index >= 15 is 0 Å². The first-order valence-electron chi connectivity index (χ1n) is 8.33. The number of aromatic amines is 1. The highest BCUT2D eigenvalue weighted by atomic mass is 16.2. The number of urea groups is 1. The third-order valence-electron chi connectivity index (χ3n) is 3.87. The lowest BCUT2D eigenvalue weighted by atomic mass is 10.1. The van der Waals surface area contributed by atoms with Gasteiger partial charge in [0.25, 0.3) is 0 Å². The summed E-state index contributed by atoms with van der Waals surface area (Å²) in [6.07, 6.45) is 8.79. The summed E-state index contributed by atoms with van der Waals surface area (Å²) >= 11 is 0. The van der Waals surface area contributed by atoms with Crippen LogP contribution in [-0.2, 0) is 0 Å². The molecule has 0 saturated heterocycles. The van der Waals surface area contributed by atoms with Gasteiger partial charge in [-0.15, -0.1) is 0 Å². The van der Waals surface area contributed by atoms with Gasteiger partial charge in [-0.25, -0.2) is 4.79 Å². The predicted octanol–water partition coefficient (Wildman–Crippen LogP) is 4.17. The molecule has 27 heavy (non-hydrogen) atoms. The van der Waals surface area contributed by atoms with Crippen LogP contribution in [-0.4, -0.2) is 26.2 Å². The van der Waals surface area contributed by atoms with Crippen molar-refractivity contribution in [3.63, 3.8) is 0 Å². The maximum atomic E-state index is 12.1. The average molecular weight is 356 g/mol. The molecule has 0 bridgehead atoms. The molecule has 4 rings (SSSR count). The van der Waals surface area contributed by atoms with Gasteiger partial charge in [-0.1, -0.05) is 6.07 Å². The molecule has 0 spiro atoms. The lowest BCUT2D eigenvalue weighted by Crippen LogP contribution is -2.19. The number of nitrogens with zero attached hydrogens (tertiary/aromatic N) is 3. The fraction of sp³-hybridized carbons (Fsp3) is 0. The first-order valence-corrected chi connectivity index (χ1v) is 8.33. The molecule has 0 aliphatic carbocycles. The van der Waals surface area contributed by atoms with Crippen molar-refractivity contribution in [3.8, 4) is 0 Å². The lowest BCUT2D eigenvalue weighted by Gasteiger charge is -2.07. The molecule has 7 nitrogen and oxygen atoms in total. The van der Waals surface area contributed by atoms with E-state index in [0.717, 1.165) is 22.3 Å². The number of benzene rings is 1. The number of hydrogen-bond acceptors (Lipinski definition) is 4. The average Bonchev–Trinajstić information content (AvgIpc) is 3.10. The minimum Gasteiger partial charge on any atom is -0.308 e. The molecule has 0 fully saturated rings. The van der Waals surface area contributed by atoms with Gasteiger partial charge in [0.05, 0.1) is 28.8 Å². The fourth-order valence-corrected chi connectivity index (χ4v) is 2.61. The molecule has 0 saturated carbocycles. The number of fused-ring (bicyclic) bond motifs is 1. The molecule has 7 heteroatoms. The number of hydrogen-bond donors (Lipinski definition) is 3. The predicted molar refractivity (Wildman–Crippen MR) is 106 cm³/mol. The van der Waals surface area contributed by atoms with Crippen LogP contribution in [0, 0.1) is 0 Å². The van der Waals surface area contributed by atoms with Gasteiger partial charge in [-0.2, -0.15) is 5.10 Å². The molecule has 3 N–H and O–H groups in total. The highest BCUT2D eigenvalue weighted by Gasteiger charge is 2.07. The number of rotatable bonds is 4.